The molecule has 0 fully saturated rings. The van der Waals surface area contributed by atoms with Crippen molar-refractivity contribution in [1.29, 1.82) is 0 Å². The second-order valence-corrected chi connectivity index (χ2v) is 12.0. The van der Waals surface area contributed by atoms with Crippen LogP contribution in [0.4, 0.5) is 0 Å². The number of amides is 1. The van der Waals surface area contributed by atoms with Crippen LogP contribution in [0.5, 0.6) is 0 Å². The van der Waals surface area contributed by atoms with E-state index in [9.17, 15) is 28.0 Å². The van der Waals surface area contributed by atoms with Crippen molar-refractivity contribution >= 4 is 16.0 Å². The van der Waals surface area contributed by atoms with Crippen molar-refractivity contribution in [2.75, 3.05) is 5.75 Å². The van der Waals surface area contributed by atoms with E-state index in [1.54, 1.807) is 6.08 Å². The van der Waals surface area contributed by atoms with E-state index in [4.69, 9.17) is 0 Å². The van der Waals surface area contributed by atoms with Gasteiger partial charge in [0.2, 0.25) is 5.91 Å². The van der Waals surface area contributed by atoms with Crippen molar-refractivity contribution in [3.05, 3.63) is 36.5 Å². The Morgan fingerprint density at radius 2 is 1.21 bits per heavy atom. The average Bonchev–Trinajstić information content (AvgIpc) is 2.88. The normalized spacial score (nSPS) is 14.9. The van der Waals surface area contributed by atoms with E-state index in [1.165, 1.54) is 51.0 Å². The summed E-state index contributed by atoms with van der Waals surface area (Å²) in [7, 11) is -4.44. The lowest BCUT2D eigenvalue weighted by Gasteiger charge is -2.22. The third-order valence-electron chi connectivity index (χ3n) is 6.63. The highest BCUT2D eigenvalue weighted by Gasteiger charge is 2.27. The van der Waals surface area contributed by atoms with Gasteiger partial charge in [-0.1, -0.05) is 115 Å². The zero-order valence-corrected chi connectivity index (χ0v) is 25.4. The second-order valence-electron chi connectivity index (χ2n) is 10.5. The smallest absolute Gasteiger partial charge is 0.267 e. The Morgan fingerprint density at radius 1 is 0.692 bits per heavy atom. The highest BCUT2D eigenvalue weighted by atomic mass is 32.2. The van der Waals surface area contributed by atoms with Crippen molar-refractivity contribution in [1.82, 2.24) is 5.32 Å². The quantitative estimate of drug-likeness (QED) is 0.0514. The molecule has 0 aromatic carbocycles. The molecule has 8 heteroatoms. The number of rotatable bonds is 26. The molecular formula is C31H57NO6S. The van der Waals surface area contributed by atoms with Gasteiger partial charge in [-0.3, -0.25) is 9.35 Å². The first kappa shape index (κ1) is 37.5. The first-order valence-corrected chi connectivity index (χ1v) is 16.9. The molecule has 39 heavy (non-hydrogen) atoms. The lowest BCUT2D eigenvalue weighted by atomic mass is 10.1. The summed E-state index contributed by atoms with van der Waals surface area (Å²) >= 11 is 0. The van der Waals surface area contributed by atoms with Crippen molar-refractivity contribution in [2.45, 2.75) is 148 Å². The number of nitrogens with one attached hydrogen (secondary N) is 1. The van der Waals surface area contributed by atoms with E-state index < -0.39 is 40.0 Å². The summed E-state index contributed by atoms with van der Waals surface area (Å²) in [6, 6.07) is -1.25. The van der Waals surface area contributed by atoms with Crippen LogP contribution in [0, 0.1) is 0 Å². The molecule has 0 bridgehead atoms. The van der Waals surface area contributed by atoms with Gasteiger partial charge in [0.1, 0.15) is 6.10 Å². The zero-order chi connectivity index (χ0) is 29.2. The molecule has 0 aromatic rings. The third-order valence-corrected chi connectivity index (χ3v) is 7.41. The predicted molar refractivity (Wildman–Crippen MR) is 162 cm³/mol. The fraction of sp³-hybridized carbons (Fsp3) is 0.774. The minimum absolute atomic E-state index is 0.258. The van der Waals surface area contributed by atoms with Crippen LogP contribution < -0.4 is 5.32 Å². The Bertz CT molecular complexity index is 778. The van der Waals surface area contributed by atoms with Crippen molar-refractivity contribution in [3.63, 3.8) is 0 Å². The van der Waals surface area contributed by atoms with E-state index in [0.717, 1.165) is 51.4 Å². The SMILES string of the molecule is CCC/C=C/CC/C=C/C(O)C(CS(=O)(=O)O)NC(=O)C(O)CCCCCC/C=C\CCCCCCCCC. The first-order chi connectivity index (χ1) is 18.7. The number of carbonyl (C=O) groups excluding carboxylic acids is 1. The van der Waals surface area contributed by atoms with Crippen LogP contribution in [0.2, 0.25) is 0 Å². The molecule has 0 aliphatic rings. The zero-order valence-electron chi connectivity index (χ0n) is 24.6. The maximum absolute atomic E-state index is 12.4. The largest absolute Gasteiger partial charge is 0.387 e. The Hall–Kier alpha value is -1.48. The van der Waals surface area contributed by atoms with Gasteiger partial charge in [0.05, 0.1) is 17.9 Å². The molecule has 1 amide bonds. The monoisotopic (exact) mass is 571 g/mol. The predicted octanol–water partition coefficient (Wildman–Crippen LogP) is 6.81. The molecule has 228 valence electrons. The summed E-state index contributed by atoms with van der Waals surface area (Å²) in [5.74, 6) is -1.58. The standard InChI is InChI=1S/C31H57NO6S/c1-3-5-7-9-11-12-13-14-15-16-17-18-20-22-24-26-30(34)31(35)32-28(27-39(36,37)38)29(33)25-23-21-19-10-8-6-4-2/h8,10,15-16,23,25,28-30,33-34H,3-7,9,11-14,17-22,24,26-27H2,1-2H3,(H,32,35)(H,36,37,38)/b10-8+,16-15-,25-23+. The van der Waals surface area contributed by atoms with Crippen LogP contribution >= 0.6 is 0 Å². The molecule has 0 aliphatic heterocycles. The molecule has 3 unspecified atom stereocenters. The number of aliphatic hydroxyl groups excluding tert-OH is 2. The van der Waals surface area contributed by atoms with Gasteiger partial charge in [-0.2, -0.15) is 8.42 Å². The third kappa shape index (κ3) is 25.2. The highest BCUT2D eigenvalue weighted by molar-refractivity contribution is 7.85. The number of carbonyl (C=O) groups is 1. The molecule has 0 aromatic heterocycles. The molecule has 0 saturated carbocycles. The van der Waals surface area contributed by atoms with E-state index >= 15 is 0 Å². The fourth-order valence-electron chi connectivity index (χ4n) is 4.24. The molecule has 0 heterocycles. The lowest BCUT2D eigenvalue weighted by Crippen LogP contribution is -2.50. The number of aliphatic hydroxyl groups is 2. The summed E-state index contributed by atoms with van der Waals surface area (Å²) in [5, 5.41) is 23.0. The van der Waals surface area contributed by atoms with Gasteiger partial charge >= 0.3 is 0 Å². The molecule has 3 atom stereocenters. The summed E-state index contributed by atoms with van der Waals surface area (Å²) in [6.45, 7) is 4.34. The molecule has 4 N–H and O–H groups in total. The van der Waals surface area contributed by atoms with Gasteiger partial charge in [-0.05, 0) is 51.4 Å². The summed E-state index contributed by atoms with van der Waals surface area (Å²) in [5.41, 5.74) is 0. The Balaban J connectivity index is 4.19. The maximum atomic E-state index is 12.4. The molecule has 0 aliphatic carbocycles. The Kier molecular flexibility index (Phi) is 24.5. The van der Waals surface area contributed by atoms with Gasteiger partial charge in [0, 0.05) is 0 Å². The Morgan fingerprint density at radius 3 is 1.79 bits per heavy atom. The Labute approximate surface area is 239 Å². The van der Waals surface area contributed by atoms with Gasteiger partial charge in [0.25, 0.3) is 10.1 Å². The summed E-state index contributed by atoms with van der Waals surface area (Å²) < 4.78 is 32.0. The van der Waals surface area contributed by atoms with Crippen molar-refractivity contribution in [2.24, 2.45) is 0 Å². The van der Waals surface area contributed by atoms with Gasteiger partial charge in [-0.25, -0.2) is 0 Å². The fourth-order valence-corrected chi connectivity index (χ4v) is 4.97. The average molecular weight is 572 g/mol. The molecule has 7 nitrogen and oxygen atoms in total. The highest BCUT2D eigenvalue weighted by Crippen LogP contribution is 2.11. The minimum Gasteiger partial charge on any atom is -0.387 e. The van der Waals surface area contributed by atoms with Gasteiger partial charge < -0.3 is 15.5 Å². The van der Waals surface area contributed by atoms with Gasteiger partial charge in [-0.15, -0.1) is 0 Å². The number of unbranched alkanes of at least 4 members (excludes halogenated alkanes) is 13. The van der Waals surface area contributed by atoms with Crippen LogP contribution in [-0.4, -0.2) is 53.1 Å². The van der Waals surface area contributed by atoms with Crippen molar-refractivity contribution < 1.29 is 28.0 Å². The van der Waals surface area contributed by atoms with Crippen LogP contribution in [-0.2, 0) is 14.9 Å². The minimum atomic E-state index is -4.44. The van der Waals surface area contributed by atoms with Crippen LogP contribution in [0.3, 0.4) is 0 Å². The van der Waals surface area contributed by atoms with Crippen LogP contribution in [0.15, 0.2) is 36.5 Å². The van der Waals surface area contributed by atoms with E-state index in [-0.39, 0.29) is 6.42 Å². The van der Waals surface area contributed by atoms with Crippen LogP contribution in [0.1, 0.15) is 129 Å². The van der Waals surface area contributed by atoms with E-state index in [1.807, 2.05) is 6.08 Å². The second kappa shape index (κ2) is 25.5. The number of hydrogen-bond acceptors (Lipinski definition) is 5. The summed E-state index contributed by atoms with van der Waals surface area (Å²) in [6.07, 6.45) is 28.1. The maximum Gasteiger partial charge on any atom is 0.267 e. The molecular weight excluding hydrogens is 514 g/mol. The van der Waals surface area contributed by atoms with E-state index in [0.29, 0.717) is 12.8 Å². The molecule has 0 spiro atoms. The van der Waals surface area contributed by atoms with Crippen LogP contribution in [0.25, 0.3) is 0 Å². The number of hydrogen-bond donors (Lipinski definition) is 4. The topological polar surface area (TPSA) is 124 Å². The molecule has 0 rings (SSSR count). The number of allylic oxidation sites excluding steroid dienone is 5. The van der Waals surface area contributed by atoms with Crippen molar-refractivity contribution in [3.8, 4) is 0 Å². The molecule has 0 saturated heterocycles. The van der Waals surface area contributed by atoms with E-state index in [2.05, 4.69) is 37.4 Å². The molecule has 0 radical (unpaired) electrons. The summed E-state index contributed by atoms with van der Waals surface area (Å²) in [4.78, 5) is 12.4. The van der Waals surface area contributed by atoms with Gasteiger partial charge in [0.15, 0.2) is 0 Å². The first-order valence-electron chi connectivity index (χ1n) is 15.3. The lowest BCUT2D eigenvalue weighted by molar-refractivity contribution is -0.130.